The number of hydrogen-bond donors (Lipinski definition) is 1. The van der Waals surface area contributed by atoms with Gasteiger partial charge in [-0.2, -0.15) is 0 Å². The number of rotatable bonds is 2. The summed E-state index contributed by atoms with van der Waals surface area (Å²) in [6, 6.07) is 11.9. The van der Waals surface area contributed by atoms with Gasteiger partial charge in [0.15, 0.2) is 5.69 Å². The maximum absolute atomic E-state index is 11.3. The van der Waals surface area contributed by atoms with Gasteiger partial charge >= 0.3 is 5.97 Å². The lowest BCUT2D eigenvalue weighted by molar-refractivity contribution is 0.0691. The number of benzene rings is 1. The van der Waals surface area contributed by atoms with Crippen LogP contribution < -0.4 is 4.90 Å². The lowest BCUT2D eigenvalue weighted by Gasteiger charge is -2.25. The topological polar surface area (TPSA) is 53.4 Å². The predicted octanol–water partition coefficient (Wildman–Crippen LogP) is 2.86. The largest absolute Gasteiger partial charge is 0.476 e. The molecule has 1 unspecified atom stereocenters. The molecular formula is C15H14N2O2. The maximum atomic E-state index is 11.3. The summed E-state index contributed by atoms with van der Waals surface area (Å²) in [5.41, 5.74) is 3.08. The molecular weight excluding hydrogens is 240 g/mol. The van der Waals surface area contributed by atoms with E-state index in [9.17, 15) is 9.90 Å². The summed E-state index contributed by atoms with van der Waals surface area (Å²) in [5.74, 6) is -0.993. The fraction of sp³-hybridized carbons (Fsp3) is 0.200. The zero-order valence-electron chi connectivity index (χ0n) is 10.6. The first-order valence-corrected chi connectivity index (χ1v) is 6.24. The minimum absolute atomic E-state index is 0.103. The van der Waals surface area contributed by atoms with Crippen LogP contribution >= 0.6 is 0 Å². The second-order valence-electron chi connectivity index (χ2n) is 4.73. The van der Waals surface area contributed by atoms with Crippen LogP contribution in [0.4, 0.5) is 11.4 Å². The molecule has 4 heteroatoms. The van der Waals surface area contributed by atoms with E-state index in [0.29, 0.717) is 5.69 Å². The number of hydrogen-bond acceptors (Lipinski definition) is 3. The van der Waals surface area contributed by atoms with E-state index in [1.54, 1.807) is 6.07 Å². The van der Waals surface area contributed by atoms with Crippen molar-refractivity contribution in [1.82, 2.24) is 4.98 Å². The number of nitrogens with zero attached hydrogens (tertiary/aromatic N) is 2. The van der Waals surface area contributed by atoms with Crippen molar-refractivity contribution in [3.63, 3.8) is 0 Å². The zero-order valence-corrected chi connectivity index (χ0v) is 10.6. The quantitative estimate of drug-likeness (QED) is 0.895. The fourth-order valence-corrected chi connectivity index (χ4v) is 2.69. The van der Waals surface area contributed by atoms with Gasteiger partial charge in [-0.05, 0) is 37.1 Å². The molecule has 0 radical (unpaired) electrons. The normalized spacial score (nSPS) is 17.3. The van der Waals surface area contributed by atoms with Crippen LogP contribution in [0.2, 0.25) is 0 Å². The van der Waals surface area contributed by atoms with E-state index in [1.807, 2.05) is 24.3 Å². The Balaban J connectivity index is 2.15. The first-order chi connectivity index (χ1) is 9.18. The first-order valence-electron chi connectivity index (χ1n) is 6.24. The monoisotopic (exact) mass is 254 g/mol. The molecule has 1 aliphatic rings. The minimum atomic E-state index is -0.993. The number of carbonyl (C=O) groups is 1. The standard InChI is InChI=1S/C15H14N2O2/c1-10-9-11-5-2-3-6-12(11)17(10)13-7-4-8-16-14(13)15(18)19/h2-8,10H,9H2,1H3,(H,18,19). The Morgan fingerprint density at radius 3 is 2.79 bits per heavy atom. The van der Waals surface area contributed by atoms with E-state index in [-0.39, 0.29) is 11.7 Å². The van der Waals surface area contributed by atoms with Gasteiger partial charge in [0.1, 0.15) is 0 Å². The number of para-hydroxylation sites is 1. The van der Waals surface area contributed by atoms with Crippen molar-refractivity contribution in [2.24, 2.45) is 0 Å². The molecule has 2 aromatic rings. The second kappa shape index (κ2) is 4.39. The maximum Gasteiger partial charge on any atom is 0.356 e. The van der Waals surface area contributed by atoms with Crippen molar-refractivity contribution >= 4 is 17.3 Å². The van der Waals surface area contributed by atoms with E-state index in [1.165, 1.54) is 11.8 Å². The van der Waals surface area contributed by atoms with Crippen molar-refractivity contribution in [3.8, 4) is 0 Å². The molecule has 0 spiro atoms. The molecule has 19 heavy (non-hydrogen) atoms. The molecule has 1 N–H and O–H groups in total. The molecule has 4 nitrogen and oxygen atoms in total. The molecule has 0 saturated heterocycles. The molecule has 1 aliphatic heterocycles. The summed E-state index contributed by atoms with van der Waals surface area (Å²) in [5, 5.41) is 9.27. The van der Waals surface area contributed by atoms with Gasteiger partial charge < -0.3 is 10.0 Å². The third-order valence-electron chi connectivity index (χ3n) is 3.46. The Kier molecular flexibility index (Phi) is 2.71. The number of anilines is 2. The summed E-state index contributed by atoms with van der Waals surface area (Å²) in [6.07, 6.45) is 2.43. The van der Waals surface area contributed by atoms with Crippen molar-refractivity contribution in [1.29, 1.82) is 0 Å². The summed E-state index contributed by atoms with van der Waals surface area (Å²) >= 11 is 0. The van der Waals surface area contributed by atoms with Crippen LogP contribution in [0.5, 0.6) is 0 Å². The number of carboxylic acid groups (broad SMARTS) is 1. The highest BCUT2D eigenvalue weighted by Gasteiger charge is 2.29. The summed E-state index contributed by atoms with van der Waals surface area (Å²) < 4.78 is 0. The number of carboxylic acids is 1. The highest BCUT2D eigenvalue weighted by Crippen LogP contribution is 2.38. The summed E-state index contributed by atoms with van der Waals surface area (Å²) in [7, 11) is 0. The molecule has 96 valence electrons. The van der Waals surface area contributed by atoms with Gasteiger partial charge in [0.05, 0.1) is 5.69 Å². The van der Waals surface area contributed by atoms with Crippen molar-refractivity contribution < 1.29 is 9.90 Å². The van der Waals surface area contributed by atoms with Gasteiger partial charge in [0, 0.05) is 17.9 Å². The van der Waals surface area contributed by atoms with E-state index < -0.39 is 5.97 Å². The second-order valence-corrected chi connectivity index (χ2v) is 4.73. The van der Waals surface area contributed by atoms with Crippen LogP contribution in [0.15, 0.2) is 42.6 Å². The number of aromatic carboxylic acids is 1. The predicted molar refractivity (Wildman–Crippen MR) is 72.9 cm³/mol. The van der Waals surface area contributed by atoms with Gasteiger partial charge in [-0.25, -0.2) is 9.78 Å². The Bertz CT molecular complexity index is 640. The molecule has 0 amide bonds. The molecule has 0 aliphatic carbocycles. The van der Waals surface area contributed by atoms with E-state index >= 15 is 0 Å². The van der Waals surface area contributed by atoms with Crippen molar-refractivity contribution in [3.05, 3.63) is 53.9 Å². The van der Waals surface area contributed by atoms with Gasteiger partial charge in [-0.1, -0.05) is 18.2 Å². The zero-order chi connectivity index (χ0) is 13.4. The molecule has 3 rings (SSSR count). The van der Waals surface area contributed by atoms with E-state index in [4.69, 9.17) is 0 Å². The first kappa shape index (κ1) is 11.7. The SMILES string of the molecule is CC1Cc2ccccc2N1c1cccnc1C(=O)O. The number of pyridine rings is 1. The van der Waals surface area contributed by atoms with E-state index in [0.717, 1.165) is 12.1 Å². The number of aromatic nitrogens is 1. The third-order valence-corrected chi connectivity index (χ3v) is 3.46. The van der Waals surface area contributed by atoms with Crippen LogP contribution in [0.1, 0.15) is 23.0 Å². The van der Waals surface area contributed by atoms with Gasteiger partial charge in [0.25, 0.3) is 0 Å². The van der Waals surface area contributed by atoms with Gasteiger partial charge in [-0.3, -0.25) is 0 Å². The Morgan fingerprint density at radius 1 is 1.26 bits per heavy atom. The Morgan fingerprint density at radius 2 is 2.00 bits per heavy atom. The number of fused-ring (bicyclic) bond motifs is 1. The molecule has 0 bridgehead atoms. The van der Waals surface area contributed by atoms with Gasteiger partial charge in [0.2, 0.25) is 0 Å². The van der Waals surface area contributed by atoms with Gasteiger partial charge in [-0.15, -0.1) is 0 Å². The summed E-state index contributed by atoms with van der Waals surface area (Å²) in [4.78, 5) is 17.4. The smallest absolute Gasteiger partial charge is 0.356 e. The molecule has 0 fully saturated rings. The van der Waals surface area contributed by atoms with Crippen LogP contribution in [0.3, 0.4) is 0 Å². The lowest BCUT2D eigenvalue weighted by atomic mass is 10.1. The third kappa shape index (κ3) is 1.85. The molecule has 1 atom stereocenters. The van der Waals surface area contributed by atoms with Crippen LogP contribution in [-0.4, -0.2) is 22.1 Å². The van der Waals surface area contributed by atoms with E-state index in [2.05, 4.69) is 22.9 Å². The fourth-order valence-electron chi connectivity index (χ4n) is 2.69. The van der Waals surface area contributed by atoms with Crippen molar-refractivity contribution in [2.45, 2.75) is 19.4 Å². The van der Waals surface area contributed by atoms with Crippen LogP contribution in [0, 0.1) is 0 Å². The van der Waals surface area contributed by atoms with Crippen molar-refractivity contribution in [2.75, 3.05) is 4.90 Å². The average molecular weight is 254 g/mol. The van der Waals surface area contributed by atoms with Crippen LogP contribution in [-0.2, 0) is 6.42 Å². The Hall–Kier alpha value is -2.36. The lowest BCUT2D eigenvalue weighted by Crippen LogP contribution is -2.26. The molecule has 1 aromatic carbocycles. The summed E-state index contributed by atoms with van der Waals surface area (Å²) in [6.45, 7) is 2.10. The van der Waals surface area contributed by atoms with Crippen LogP contribution in [0.25, 0.3) is 0 Å². The minimum Gasteiger partial charge on any atom is -0.476 e. The Labute approximate surface area is 111 Å². The highest BCUT2D eigenvalue weighted by atomic mass is 16.4. The average Bonchev–Trinajstić information content (AvgIpc) is 2.74. The molecule has 2 heterocycles. The molecule has 1 aromatic heterocycles. The molecule has 0 saturated carbocycles. The highest BCUT2D eigenvalue weighted by molar-refractivity contribution is 5.94.